The van der Waals surface area contributed by atoms with Crippen LogP contribution in [0.3, 0.4) is 0 Å². The van der Waals surface area contributed by atoms with Crippen LogP contribution in [0, 0.1) is 0 Å². The van der Waals surface area contributed by atoms with Crippen molar-refractivity contribution >= 4 is 32.4 Å². The van der Waals surface area contributed by atoms with Crippen molar-refractivity contribution < 1.29 is 9.90 Å². The van der Waals surface area contributed by atoms with Gasteiger partial charge < -0.3 is 10.0 Å². The number of fused-ring (bicyclic) bond motifs is 3. The second-order valence-electron chi connectivity index (χ2n) is 4.62. The summed E-state index contributed by atoms with van der Waals surface area (Å²) in [4.78, 5) is 30.9. The molecule has 108 valence electrons. The van der Waals surface area contributed by atoms with Crippen molar-refractivity contribution in [2.75, 3.05) is 20.2 Å². The molecule has 1 amide bonds. The normalized spacial score (nSPS) is 11.1. The molecule has 2 heterocycles. The van der Waals surface area contributed by atoms with Crippen LogP contribution in [0.2, 0.25) is 0 Å². The number of amides is 1. The van der Waals surface area contributed by atoms with Gasteiger partial charge in [-0.1, -0.05) is 23.5 Å². The van der Waals surface area contributed by atoms with Crippen molar-refractivity contribution in [1.29, 1.82) is 0 Å². The highest BCUT2D eigenvalue weighted by molar-refractivity contribution is 7.23. The van der Waals surface area contributed by atoms with Crippen molar-refractivity contribution in [2.45, 2.75) is 0 Å². The standard InChI is InChI=1S/C14H13N3O3S/c1-16(6-7-18)12(19)9-8-15-14-17(13(9)20)10-4-2-3-5-11(10)21-14/h2-5,8,18H,6-7H2,1H3. The minimum absolute atomic E-state index is 0.00648. The second-order valence-corrected chi connectivity index (χ2v) is 5.62. The van der Waals surface area contributed by atoms with Gasteiger partial charge in [-0.15, -0.1) is 0 Å². The van der Waals surface area contributed by atoms with Gasteiger partial charge in [0.05, 0.1) is 16.8 Å². The zero-order valence-corrected chi connectivity index (χ0v) is 12.1. The molecule has 0 radical (unpaired) electrons. The Kier molecular flexibility index (Phi) is 3.44. The minimum Gasteiger partial charge on any atom is -0.395 e. The van der Waals surface area contributed by atoms with Crippen molar-refractivity contribution in [2.24, 2.45) is 0 Å². The average Bonchev–Trinajstić information content (AvgIpc) is 2.86. The van der Waals surface area contributed by atoms with Crippen LogP contribution < -0.4 is 5.56 Å². The lowest BCUT2D eigenvalue weighted by molar-refractivity contribution is 0.0764. The fourth-order valence-electron chi connectivity index (χ4n) is 2.15. The van der Waals surface area contributed by atoms with E-state index >= 15 is 0 Å². The van der Waals surface area contributed by atoms with Gasteiger partial charge in [-0.05, 0) is 12.1 Å². The number of carbonyl (C=O) groups excluding carboxylic acids is 1. The third-order valence-corrected chi connectivity index (χ3v) is 4.28. The Labute approximate surface area is 123 Å². The molecule has 7 heteroatoms. The summed E-state index contributed by atoms with van der Waals surface area (Å²) in [6, 6.07) is 7.47. The quantitative estimate of drug-likeness (QED) is 0.782. The Hall–Kier alpha value is -2.25. The molecular weight excluding hydrogens is 290 g/mol. The maximum absolute atomic E-state index is 12.6. The van der Waals surface area contributed by atoms with E-state index in [1.165, 1.54) is 26.8 Å². The van der Waals surface area contributed by atoms with Crippen molar-refractivity contribution in [3.63, 3.8) is 0 Å². The van der Waals surface area contributed by atoms with E-state index in [2.05, 4.69) is 4.98 Å². The summed E-state index contributed by atoms with van der Waals surface area (Å²) in [5.74, 6) is -0.439. The number of para-hydroxylation sites is 1. The first-order valence-corrected chi connectivity index (χ1v) is 7.20. The molecule has 0 saturated heterocycles. The maximum atomic E-state index is 12.6. The highest BCUT2D eigenvalue weighted by atomic mass is 32.1. The Balaban J connectivity index is 2.22. The third-order valence-electron chi connectivity index (χ3n) is 3.25. The smallest absolute Gasteiger partial charge is 0.271 e. The molecule has 1 N–H and O–H groups in total. The monoisotopic (exact) mass is 303 g/mol. The molecule has 0 aliphatic rings. The molecule has 3 rings (SSSR count). The Morgan fingerprint density at radius 2 is 2.19 bits per heavy atom. The summed E-state index contributed by atoms with van der Waals surface area (Å²) >= 11 is 1.40. The maximum Gasteiger partial charge on any atom is 0.271 e. The molecule has 0 bridgehead atoms. The summed E-state index contributed by atoms with van der Waals surface area (Å²) in [6.07, 6.45) is 1.31. The van der Waals surface area contributed by atoms with Crippen molar-refractivity contribution in [1.82, 2.24) is 14.3 Å². The molecule has 0 unspecified atom stereocenters. The van der Waals surface area contributed by atoms with Crippen LogP contribution in [0.1, 0.15) is 10.4 Å². The van der Waals surface area contributed by atoms with Crippen LogP contribution in [0.5, 0.6) is 0 Å². The first-order valence-electron chi connectivity index (χ1n) is 6.39. The molecule has 3 aromatic rings. The van der Waals surface area contributed by atoms with E-state index in [4.69, 9.17) is 5.11 Å². The molecule has 0 spiro atoms. The largest absolute Gasteiger partial charge is 0.395 e. The average molecular weight is 303 g/mol. The van der Waals surface area contributed by atoms with Gasteiger partial charge in [-0.3, -0.25) is 14.0 Å². The van der Waals surface area contributed by atoms with E-state index in [1.54, 1.807) is 7.05 Å². The number of rotatable bonds is 3. The second kappa shape index (κ2) is 5.27. The third kappa shape index (κ3) is 2.20. The topological polar surface area (TPSA) is 74.9 Å². The lowest BCUT2D eigenvalue weighted by Crippen LogP contribution is -2.34. The van der Waals surface area contributed by atoms with Gasteiger partial charge in [-0.2, -0.15) is 0 Å². The number of likely N-dealkylation sites (N-methyl/N-ethyl adjacent to an activating group) is 1. The predicted octanol–water partition coefficient (Wildman–Crippen LogP) is 0.973. The number of benzene rings is 1. The van der Waals surface area contributed by atoms with Gasteiger partial charge in [0, 0.05) is 19.8 Å². The summed E-state index contributed by atoms with van der Waals surface area (Å²) < 4.78 is 2.40. The van der Waals surface area contributed by atoms with Crippen LogP contribution in [-0.4, -0.2) is 45.5 Å². The molecule has 0 fully saturated rings. The fraction of sp³-hybridized carbons (Fsp3) is 0.214. The highest BCUT2D eigenvalue weighted by Gasteiger charge is 2.18. The van der Waals surface area contributed by atoms with Gasteiger partial charge in [0.25, 0.3) is 11.5 Å². The molecule has 6 nitrogen and oxygen atoms in total. The highest BCUT2D eigenvalue weighted by Crippen LogP contribution is 2.23. The number of aliphatic hydroxyl groups is 1. The van der Waals surface area contributed by atoms with Crippen LogP contribution in [0.15, 0.2) is 35.3 Å². The molecule has 0 saturated carbocycles. The predicted molar refractivity (Wildman–Crippen MR) is 80.9 cm³/mol. The molecule has 1 aromatic carbocycles. The van der Waals surface area contributed by atoms with E-state index in [-0.39, 0.29) is 24.3 Å². The van der Waals surface area contributed by atoms with Gasteiger partial charge in [0.2, 0.25) is 0 Å². The summed E-state index contributed by atoms with van der Waals surface area (Å²) in [5.41, 5.74) is 0.369. The lowest BCUT2D eigenvalue weighted by atomic mass is 10.3. The number of hydrogen-bond donors (Lipinski definition) is 1. The molecule has 0 aliphatic heterocycles. The van der Waals surface area contributed by atoms with E-state index in [0.717, 1.165) is 10.2 Å². The zero-order chi connectivity index (χ0) is 15.0. The molecular formula is C14H13N3O3S. The number of aromatic nitrogens is 2. The zero-order valence-electron chi connectivity index (χ0n) is 11.3. The summed E-state index contributed by atoms with van der Waals surface area (Å²) in [6.45, 7) is 0.0198. The molecule has 21 heavy (non-hydrogen) atoms. The lowest BCUT2D eigenvalue weighted by Gasteiger charge is -2.14. The minimum atomic E-state index is -0.439. The Morgan fingerprint density at radius 1 is 1.43 bits per heavy atom. The van der Waals surface area contributed by atoms with E-state index in [1.807, 2.05) is 24.3 Å². The first kappa shape index (κ1) is 13.7. The number of thiazole rings is 1. The summed E-state index contributed by atoms with van der Waals surface area (Å²) in [7, 11) is 1.54. The van der Waals surface area contributed by atoms with E-state index in [9.17, 15) is 9.59 Å². The Bertz CT molecular complexity index is 884. The number of carbonyl (C=O) groups is 1. The van der Waals surface area contributed by atoms with Crippen LogP contribution in [0.25, 0.3) is 15.2 Å². The van der Waals surface area contributed by atoms with Gasteiger partial charge in [0.1, 0.15) is 5.56 Å². The number of hydrogen-bond acceptors (Lipinski definition) is 5. The molecule has 0 atom stereocenters. The molecule has 0 aliphatic carbocycles. The van der Waals surface area contributed by atoms with Gasteiger partial charge in [0.15, 0.2) is 4.96 Å². The van der Waals surface area contributed by atoms with Crippen LogP contribution in [0.4, 0.5) is 0 Å². The molecule has 2 aromatic heterocycles. The number of nitrogens with zero attached hydrogens (tertiary/aromatic N) is 3. The Morgan fingerprint density at radius 3 is 2.95 bits per heavy atom. The van der Waals surface area contributed by atoms with Crippen LogP contribution >= 0.6 is 11.3 Å². The van der Waals surface area contributed by atoms with Crippen LogP contribution in [-0.2, 0) is 0 Å². The summed E-state index contributed by atoms with van der Waals surface area (Å²) in [5, 5.41) is 8.89. The fourth-order valence-corrected chi connectivity index (χ4v) is 3.14. The van der Waals surface area contributed by atoms with E-state index in [0.29, 0.717) is 4.96 Å². The van der Waals surface area contributed by atoms with E-state index < -0.39 is 5.91 Å². The van der Waals surface area contributed by atoms with Gasteiger partial charge in [-0.25, -0.2) is 4.98 Å². The van der Waals surface area contributed by atoms with Crippen molar-refractivity contribution in [3.05, 3.63) is 46.4 Å². The van der Waals surface area contributed by atoms with Gasteiger partial charge >= 0.3 is 0 Å². The first-order chi connectivity index (χ1) is 10.1. The SMILES string of the molecule is CN(CCO)C(=O)c1cnc2sc3ccccc3n2c1=O. The number of aliphatic hydroxyl groups excluding tert-OH is 1. The van der Waals surface area contributed by atoms with Crippen molar-refractivity contribution in [3.8, 4) is 0 Å².